The van der Waals surface area contributed by atoms with Crippen molar-refractivity contribution in [2.75, 3.05) is 12.4 Å². The van der Waals surface area contributed by atoms with E-state index in [9.17, 15) is 4.79 Å². The molecule has 0 spiro atoms. The van der Waals surface area contributed by atoms with Gasteiger partial charge in [0.25, 0.3) is 0 Å². The first-order valence-corrected chi connectivity index (χ1v) is 10.5. The first-order valence-electron chi connectivity index (χ1n) is 9.24. The minimum Gasteiger partial charge on any atom is -0.495 e. The Bertz CT molecular complexity index is 1020. The number of nitrogens with one attached hydrogen (secondary N) is 1. The summed E-state index contributed by atoms with van der Waals surface area (Å²) >= 11 is 7.41. The van der Waals surface area contributed by atoms with E-state index in [0.717, 1.165) is 17.0 Å². The van der Waals surface area contributed by atoms with Gasteiger partial charge in [-0.25, -0.2) is 0 Å². The summed E-state index contributed by atoms with van der Waals surface area (Å²) < 4.78 is 7.31. The molecule has 1 N–H and O–H groups in total. The average molecular weight is 431 g/mol. The molecule has 152 valence electrons. The van der Waals surface area contributed by atoms with Crippen LogP contribution in [0.3, 0.4) is 0 Å². The maximum Gasteiger partial charge on any atom is 0.237 e. The molecule has 1 atom stereocenters. The number of rotatable bonds is 7. The molecule has 8 heteroatoms. The van der Waals surface area contributed by atoms with E-state index < -0.39 is 5.25 Å². The van der Waals surface area contributed by atoms with E-state index in [4.69, 9.17) is 16.3 Å². The van der Waals surface area contributed by atoms with Crippen LogP contribution in [-0.4, -0.2) is 33.0 Å². The van der Waals surface area contributed by atoms with Crippen molar-refractivity contribution in [1.29, 1.82) is 0 Å². The number of hydrogen-bond acceptors (Lipinski definition) is 5. The highest BCUT2D eigenvalue weighted by atomic mass is 35.5. The number of anilines is 1. The number of aromatic nitrogens is 3. The van der Waals surface area contributed by atoms with Gasteiger partial charge in [-0.1, -0.05) is 47.1 Å². The fourth-order valence-corrected chi connectivity index (χ4v) is 3.97. The Labute approximate surface area is 179 Å². The number of methoxy groups -OCH3 is 1. The fraction of sp³-hybridized carbons (Fsp3) is 0.286. The van der Waals surface area contributed by atoms with Crippen LogP contribution >= 0.6 is 23.4 Å². The van der Waals surface area contributed by atoms with Crippen LogP contribution in [0.2, 0.25) is 5.02 Å². The SMILES string of the molecule is CCn1c(SC(C)C(=O)Nc2cc(Cl)ccc2OC)nnc1-c1cccc(C)c1. The maximum absolute atomic E-state index is 12.7. The Morgan fingerprint density at radius 3 is 2.76 bits per heavy atom. The van der Waals surface area contributed by atoms with Gasteiger partial charge in [0.2, 0.25) is 5.91 Å². The molecular formula is C21H23ClN4O2S. The van der Waals surface area contributed by atoms with Crippen molar-refractivity contribution in [3.8, 4) is 17.1 Å². The lowest BCUT2D eigenvalue weighted by atomic mass is 10.1. The number of nitrogens with zero attached hydrogens (tertiary/aromatic N) is 3. The van der Waals surface area contributed by atoms with Crippen molar-refractivity contribution in [3.63, 3.8) is 0 Å². The van der Waals surface area contributed by atoms with E-state index in [-0.39, 0.29) is 5.91 Å². The summed E-state index contributed by atoms with van der Waals surface area (Å²) in [6.45, 7) is 6.61. The van der Waals surface area contributed by atoms with Crippen LogP contribution in [0.1, 0.15) is 19.4 Å². The van der Waals surface area contributed by atoms with Crippen molar-refractivity contribution < 1.29 is 9.53 Å². The average Bonchev–Trinajstić information content (AvgIpc) is 3.10. The molecule has 29 heavy (non-hydrogen) atoms. The summed E-state index contributed by atoms with van der Waals surface area (Å²) in [5.74, 6) is 1.18. The Balaban J connectivity index is 1.78. The summed E-state index contributed by atoms with van der Waals surface area (Å²) in [5, 5.41) is 12.4. The smallest absolute Gasteiger partial charge is 0.237 e. The molecule has 3 aromatic rings. The molecule has 1 unspecified atom stereocenters. The van der Waals surface area contributed by atoms with Gasteiger partial charge in [0.15, 0.2) is 11.0 Å². The Hall–Kier alpha value is -2.51. The number of carbonyl (C=O) groups excluding carboxylic acids is 1. The molecule has 2 aromatic carbocycles. The van der Waals surface area contributed by atoms with Crippen LogP contribution in [-0.2, 0) is 11.3 Å². The van der Waals surface area contributed by atoms with Gasteiger partial charge in [-0.3, -0.25) is 4.79 Å². The molecule has 0 bridgehead atoms. The van der Waals surface area contributed by atoms with Gasteiger partial charge in [-0.2, -0.15) is 0 Å². The normalized spacial score (nSPS) is 11.9. The van der Waals surface area contributed by atoms with E-state index in [1.54, 1.807) is 25.3 Å². The molecule has 1 aromatic heterocycles. The predicted octanol–water partition coefficient (Wildman–Crippen LogP) is 5.05. The maximum atomic E-state index is 12.7. The largest absolute Gasteiger partial charge is 0.495 e. The van der Waals surface area contributed by atoms with Gasteiger partial charge in [0.1, 0.15) is 5.75 Å². The minimum atomic E-state index is -0.390. The standard InChI is InChI=1S/C21H23ClN4O2S/c1-5-26-19(15-8-6-7-13(2)11-15)24-25-21(26)29-14(3)20(27)23-17-12-16(22)9-10-18(17)28-4/h6-12,14H,5H2,1-4H3,(H,23,27). The predicted molar refractivity (Wildman–Crippen MR) is 118 cm³/mol. The lowest BCUT2D eigenvalue weighted by Gasteiger charge is -2.15. The van der Waals surface area contributed by atoms with Gasteiger partial charge in [0, 0.05) is 17.1 Å². The monoisotopic (exact) mass is 430 g/mol. The lowest BCUT2D eigenvalue weighted by molar-refractivity contribution is -0.115. The Kier molecular flexibility index (Phi) is 6.82. The second kappa shape index (κ2) is 9.33. The Morgan fingerprint density at radius 2 is 2.07 bits per heavy atom. The van der Waals surface area contributed by atoms with E-state index in [1.165, 1.54) is 11.8 Å². The molecule has 0 fully saturated rings. The molecule has 0 aliphatic rings. The van der Waals surface area contributed by atoms with Gasteiger partial charge in [-0.05, 0) is 45.0 Å². The van der Waals surface area contributed by atoms with Gasteiger partial charge in [0.05, 0.1) is 18.0 Å². The number of hydrogen-bond donors (Lipinski definition) is 1. The summed E-state index contributed by atoms with van der Waals surface area (Å²) in [6, 6.07) is 13.2. The van der Waals surface area contributed by atoms with Crippen molar-refractivity contribution in [2.24, 2.45) is 0 Å². The highest BCUT2D eigenvalue weighted by Crippen LogP contribution is 2.30. The molecule has 0 radical (unpaired) electrons. The van der Waals surface area contributed by atoms with Crippen molar-refractivity contribution in [1.82, 2.24) is 14.8 Å². The summed E-state index contributed by atoms with van der Waals surface area (Å²) in [5.41, 5.74) is 2.70. The van der Waals surface area contributed by atoms with Crippen molar-refractivity contribution in [2.45, 2.75) is 37.7 Å². The first-order chi connectivity index (χ1) is 13.9. The highest BCUT2D eigenvalue weighted by Gasteiger charge is 2.21. The number of carbonyl (C=O) groups is 1. The molecule has 1 amide bonds. The molecule has 0 saturated carbocycles. The first kappa shape index (κ1) is 21.2. The number of thioether (sulfide) groups is 1. The third-order valence-electron chi connectivity index (χ3n) is 4.38. The minimum absolute atomic E-state index is 0.168. The van der Waals surface area contributed by atoms with Crippen LogP contribution in [0.4, 0.5) is 5.69 Å². The fourth-order valence-electron chi connectivity index (χ4n) is 2.88. The van der Waals surface area contributed by atoms with Crippen LogP contribution in [0, 0.1) is 6.92 Å². The van der Waals surface area contributed by atoms with Gasteiger partial charge < -0.3 is 14.6 Å². The summed E-state index contributed by atoms with van der Waals surface area (Å²) in [6.07, 6.45) is 0. The third-order valence-corrected chi connectivity index (χ3v) is 5.70. The van der Waals surface area contributed by atoms with Crippen molar-refractivity contribution >= 4 is 35.0 Å². The summed E-state index contributed by atoms with van der Waals surface area (Å²) in [4.78, 5) is 12.7. The highest BCUT2D eigenvalue weighted by molar-refractivity contribution is 8.00. The quantitative estimate of drug-likeness (QED) is 0.531. The molecule has 3 rings (SSSR count). The number of amides is 1. The van der Waals surface area contributed by atoms with Crippen LogP contribution < -0.4 is 10.1 Å². The topological polar surface area (TPSA) is 69.0 Å². The number of aryl methyl sites for hydroxylation is 1. The number of benzene rings is 2. The second-order valence-corrected chi connectivity index (χ2v) is 8.26. The van der Waals surface area contributed by atoms with Gasteiger partial charge >= 0.3 is 0 Å². The summed E-state index contributed by atoms with van der Waals surface area (Å²) in [7, 11) is 1.55. The molecule has 6 nitrogen and oxygen atoms in total. The van der Waals surface area contributed by atoms with Crippen LogP contribution in [0.5, 0.6) is 5.75 Å². The van der Waals surface area contributed by atoms with Crippen LogP contribution in [0.15, 0.2) is 47.6 Å². The zero-order valence-electron chi connectivity index (χ0n) is 16.8. The molecular weight excluding hydrogens is 408 g/mol. The zero-order valence-corrected chi connectivity index (χ0v) is 18.3. The molecule has 0 aliphatic carbocycles. The van der Waals surface area contributed by atoms with E-state index in [1.807, 2.05) is 43.5 Å². The van der Waals surface area contributed by atoms with Gasteiger partial charge in [-0.15, -0.1) is 10.2 Å². The lowest BCUT2D eigenvalue weighted by Crippen LogP contribution is -2.23. The molecule has 0 aliphatic heterocycles. The van der Waals surface area contributed by atoms with E-state index in [0.29, 0.717) is 28.2 Å². The molecule has 0 saturated heterocycles. The third kappa shape index (κ3) is 4.92. The second-order valence-electron chi connectivity index (χ2n) is 6.51. The van der Waals surface area contributed by atoms with E-state index in [2.05, 4.69) is 21.6 Å². The zero-order chi connectivity index (χ0) is 21.0. The van der Waals surface area contributed by atoms with Crippen LogP contribution in [0.25, 0.3) is 11.4 Å². The van der Waals surface area contributed by atoms with E-state index >= 15 is 0 Å². The molecule has 1 heterocycles. The number of ether oxygens (including phenoxy) is 1. The Morgan fingerprint density at radius 1 is 1.28 bits per heavy atom. The number of halogens is 1. The van der Waals surface area contributed by atoms with Crippen molar-refractivity contribution in [3.05, 3.63) is 53.1 Å².